The number of benzene rings is 1. The van der Waals surface area contributed by atoms with Crippen LogP contribution in [0.2, 0.25) is 0 Å². The number of H-pyrrole nitrogens is 1. The van der Waals surface area contributed by atoms with Crippen LogP contribution in [0.5, 0.6) is 0 Å². The van der Waals surface area contributed by atoms with Gasteiger partial charge in [0.2, 0.25) is 5.89 Å². The first-order valence-electron chi connectivity index (χ1n) is 10.3. The molecule has 34 heavy (non-hydrogen) atoms. The van der Waals surface area contributed by atoms with Gasteiger partial charge in [0.1, 0.15) is 17.6 Å². The Kier molecular flexibility index (Phi) is 4.44. The molecule has 0 saturated carbocycles. The highest BCUT2D eigenvalue weighted by Crippen LogP contribution is 2.38. The van der Waals surface area contributed by atoms with Crippen molar-refractivity contribution in [2.24, 2.45) is 0 Å². The number of anilines is 1. The largest absolute Gasteiger partial charge is 0.433 e. The summed E-state index contributed by atoms with van der Waals surface area (Å²) in [6, 6.07) is 10.6. The summed E-state index contributed by atoms with van der Waals surface area (Å²) in [6.45, 7) is 0.435. The minimum Gasteiger partial charge on any atom is -0.403 e. The number of rotatable bonds is 3. The second-order valence-electron chi connectivity index (χ2n) is 7.82. The van der Waals surface area contributed by atoms with Crippen LogP contribution in [0.15, 0.2) is 59.3 Å². The number of nitrogens with one attached hydrogen (secondary N) is 1. The summed E-state index contributed by atoms with van der Waals surface area (Å²) < 4.78 is 60.7. The minimum atomic E-state index is -4.57. The second-order valence-corrected chi connectivity index (χ2v) is 7.82. The van der Waals surface area contributed by atoms with Crippen molar-refractivity contribution < 1.29 is 22.0 Å². The Bertz CT molecular complexity index is 1490. The van der Waals surface area contributed by atoms with E-state index in [-0.39, 0.29) is 11.9 Å². The van der Waals surface area contributed by atoms with Crippen LogP contribution in [0.3, 0.4) is 0 Å². The van der Waals surface area contributed by atoms with Gasteiger partial charge in [0.15, 0.2) is 0 Å². The summed E-state index contributed by atoms with van der Waals surface area (Å²) in [6.07, 6.45) is -2.44. The molecule has 5 aromatic rings. The highest BCUT2D eigenvalue weighted by Gasteiger charge is 2.38. The number of aromatic amines is 1. The molecule has 1 N–H and O–H groups in total. The zero-order chi connectivity index (χ0) is 23.4. The molecule has 0 saturated heterocycles. The van der Waals surface area contributed by atoms with E-state index in [1.807, 2.05) is 0 Å². The van der Waals surface area contributed by atoms with Gasteiger partial charge in [-0.15, -0.1) is 5.10 Å². The van der Waals surface area contributed by atoms with Gasteiger partial charge in [0, 0.05) is 24.2 Å². The van der Waals surface area contributed by atoms with Crippen molar-refractivity contribution in [3.63, 3.8) is 0 Å². The molecule has 0 spiro atoms. The predicted octanol–water partition coefficient (Wildman–Crippen LogP) is 4.42. The molecule has 0 unspecified atom stereocenters. The number of nitrogens with zero attached hydrogens (tertiary/aromatic N) is 6. The molecule has 1 atom stereocenters. The van der Waals surface area contributed by atoms with Crippen molar-refractivity contribution in [1.29, 1.82) is 0 Å². The Hall–Kier alpha value is -4.22. The van der Waals surface area contributed by atoms with Gasteiger partial charge in [0.25, 0.3) is 0 Å². The molecular formula is C22H15F4N7O. The number of hydrogen-bond donors (Lipinski definition) is 1. The van der Waals surface area contributed by atoms with Crippen LogP contribution in [-0.4, -0.2) is 36.3 Å². The van der Waals surface area contributed by atoms with E-state index in [2.05, 4.69) is 25.3 Å². The standard InChI is InChI=1S/C22H15F4N7O/c23-13-6-4-12(5-7-13)20-29-30-21(34-20)32-9-8-15-18(28-11-27-15)19(32)16-10-14-2-1-3-17(22(24,25)26)33(14)31-16/h1-7,10-11,19H,8-9H2,(H,27,28)/t19-/m0/s1. The fourth-order valence-electron chi connectivity index (χ4n) is 4.21. The van der Waals surface area contributed by atoms with E-state index in [0.29, 0.717) is 35.4 Å². The smallest absolute Gasteiger partial charge is 0.403 e. The van der Waals surface area contributed by atoms with Crippen molar-refractivity contribution in [2.75, 3.05) is 11.4 Å². The normalized spacial score (nSPS) is 16.2. The Morgan fingerprint density at radius 1 is 1.06 bits per heavy atom. The van der Waals surface area contributed by atoms with Crippen LogP contribution in [0.4, 0.5) is 23.6 Å². The topological polar surface area (TPSA) is 88.1 Å². The van der Waals surface area contributed by atoms with Crippen molar-refractivity contribution in [2.45, 2.75) is 18.6 Å². The summed E-state index contributed by atoms with van der Waals surface area (Å²) in [5.41, 5.74) is 1.78. The Labute approximate surface area is 188 Å². The average molecular weight is 469 g/mol. The van der Waals surface area contributed by atoms with E-state index >= 15 is 0 Å². The maximum Gasteiger partial charge on any atom is 0.433 e. The number of aromatic nitrogens is 6. The SMILES string of the molecule is Fc1ccc(-c2nnc(N3CCc4[nH]cnc4[C@@H]3c3cc4cccc(C(F)(F)F)n4n3)o2)cc1. The summed E-state index contributed by atoms with van der Waals surface area (Å²) in [7, 11) is 0. The van der Waals surface area contributed by atoms with Crippen molar-refractivity contribution >= 4 is 11.5 Å². The lowest BCUT2D eigenvalue weighted by atomic mass is 10.0. The summed E-state index contributed by atoms with van der Waals surface area (Å²) in [5.74, 6) is -0.202. The molecule has 1 aromatic carbocycles. The Morgan fingerprint density at radius 3 is 2.68 bits per heavy atom. The molecule has 6 rings (SSSR count). The van der Waals surface area contributed by atoms with E-state index in [9.17, 15) is 17.6 Å². The molecule has 4 aromatic heterocycles. The highest BCUT2D eigenvalue weighted by atomic mass is 19.4. The molecule has 0 amide bonds. The number of pyridine rings is 1. The Morgan fingerprint density at radius 2 is 1.88 bits per heavy atom. The number of fused-ring (bicyclic) bond motifs is 2. The molecule has 1 aliphatic heterocycles. The first kappa shape index (κ1) is 20.4. The first-order valence-corrected chi connectivity index (χ1v) is 10.3. The Balaban J connectivity index is 1.45. The first-order chi connectivity index (χ1) is 16.4. The zero-order valence-electron chi connectivity index (χ0n) is 17.3. The number of hydrogen-bond acceptors (Lipinski definition) is 6. The molecule has 0 fully saturated rings. The lowest BCUT2D eigenvalue weighted by Gasteiger charge is -2.32. The third-order valence-corrected chi connectivity index (χ3v) is 5.75. The fourth-order valence-corrected chi connectivity index (χ4v) is 4.21. The third-order valence-electron chi connectivity index (χ3n) is 5.75. The van der Waals surface area contributed by atoms with Crippen molar-refractivity contribution in [3.05, 3.63) is 83.5 Å². The van der Waals surface area contributed by atoms with Gasteiger partial charge in [0.05, 0.1) is 23.2 Å². The summed E-state index contributed by atoms with van der Waals surface area (Å²) >= 11 is 0. The number of imidazole rings is 1. The van der Waals surface area contributed by atoms with Crippen molar-refractivity contribution in [3.8, 4) is 11.5 Å². The molecule has 1 aliphatic rings. The lowest BCUT2D eigenvalue weighted by molar-refractivity contribution is -0.142. The third kappa shape index (κ3) is 3.29. The van der Waals surface area contributed by atoms with Gasteiger partial charge in [-0.2, -0.15) is 18.3 Å². The van der Waals surface area contributed by atoms with Gasteiger partial charge in [-0.3, -0.25) is 0 Å². The van der Waals surface area contributed by atoms with Crippen LogP contribution in [-0.2, 0) is 12.6 Å². The number of alkyl halides is 3. The van der Waals surface area contributed by atoms with Gasteiger partial charge >= 0.3 is 12.2 Å². The molecule has 12 heteroatoms. The minimum absolute atomic E-state index is 0.158. The summed E-state index contributed by atoms with van der Waals surface area (Å²) in [4.78, 5) is 9.25. The highest BCUT2D eigenvalue weighted by molar-refractivity contribution is 5.55. The fraction of sp³-hybridized carbons (Fsp3) is 0.182. The van der Waals surface area contributed by atoms with Crippen LogP contribution in [0.25, 0.3) is 17.0 Å². The molecule has 5 heterocycles. The summed E-state index contributed by atoms with van der Waals surface area (Å²) in [5, 5.41) is 12.5. The van der Waals surface area contributed by atoms with Gasteiger partial charge in [-0.1, -0.05) is 11.2 Å². The molecular weight excluding hydrogens is 454 g/mol. The average Bonchev–Trinajstić information content (AvgIpc) is 3.56. The zero-order valence-corrected chi connectivity index (χ0v) is 17.3. The van der Waals surface area contributed by atoms with Crippen LogP contribution in [0.1, 0.15) is 28.8 Å². The quantitative estimate of drug-likeness (QED) is 0.394. The monoisotopic (exact) mass is 469 g/mol. The van der Waals surface area contributed by atoms with E-state index in [1.54, 1.807) is 17.0 Å². The molecule has 0 bridgehead atoms. The van der Waals surface area contributed by atoms with E-state index in [4.69, 9.17) is 4.42 Å². The van der Waals surface area contributed by atoms with E-state index in [0.717, 1.165) is 16.3 Å². The van der Waals surface area contributed by atoms with Gasteiger partial charge in [-0.25, -0.2) is 13.9 Å². The molecule has 0 aliphatic carbocycles. The van der Waals surface area contributed by atoms with Crippen LogP contribution in [0, 0.1) is 5.82 Å². The molecule has 172 valence electrons. The van der Waals surface area contributed by atoms with Crippen LogP contribution < -0.4 is 4.90 Å². The van der Waals surface area contributed by atoms with E-state index in [1.165, 1.54) is 36.7 Å². The maximum absolute atomic E-state index is 13.5. The number of halogens is 4. The molecule has 0 radical (unpaired) electrons. The van der Waals surface area contributed by atoms with Crippen LogP contribution >= 0.6 is 0 Å². The van der Waals surface area contributed by atoms with Gasteiger partial charge in [-0.05, 0) is 42.5 Å². The predicted molar refractivity (Wildman–Crippen MR) is 111 cm³/mol. The van der Waals surface area contributed by atoms with E-state index < -0.39 is 23.7 Å². The second kappa shape index (κ2) is 7.40. The van der Waals surface area contributed by atoms with Gasteiger partial charge < -0.3 is 14.3 Å². The lowest BCUT2D eigenvalue weighted by Crippen LogP contribution is -2.37. The molecule has 8 nitrogen and oxygen atoms in total. The maximum atomic E-state index is 13.5. The van der Waals surface area contributed by atoms with Crippen molar-refractivity contribution in [1.82, 2.24) is 29.8 Å².